The molecule has 0 radical (unpaired) electrons. The van der Waals surface area contributed by atoms with Crippen LogP contribution < -0.4 is 10.7 Å². The maximum absolute atomic E-state index is 11.7. The summed E-state index contributed by atoms with van der Waals surface area (Å²) in [5, 5.41) is 6.28. The topological polar surface area (TPSA) is 83.7 Å². The number of hydrazone groups is 1. The second kappa shape index (κ2) is 7.78. The number of aryl methyl sites for hydroxylation is 1. The fourth-order valence-electron chi connectivity index (χ4n) is 1.75. The predicted molar refractivity (Wildman–Crippen MR) is 82.3 cm³/mol. The summed E-state index contributed by atoms with van der Waals surface area (Å²) in [5.74, 6) is 0.694. The highest BCUT2D eigenvalue weighted by molar-refractivity contribution is 5.86. The summed E-state index contributed by atoms with van der Waals surface area (Å²) >= 11 is 0. The lowest BCUT2D eigenvalue weighted by Gasteiger charge is -2.04. The first-order valence-electron chi connectivity index (χ1n) is 6.82. The number of nitrogens with zero attached hydrogens (tertiary/aromatic N) is 1. The van der Waals surface area contributed by atoms with Crippen molar-refractivity contribution < 1.29 is 14.0 Å². The van der Waals surface area contributed by atoms with E-state index in [0.717, 1.165) is 11.3 Å². The smallest absolute Gasteiger partial charge is 0.259 e. The van der Waals surface area contributed by atoms with Gasteiger partial charge in [0.15, 0.2) is 0 Å². The standard InChI is InChI=1S/C16H17N3O3/c1-12-7-8-14(22-12)10-18-19-16(21)11-17-15(20)9-13-5-3-2-4-6-13/h2-8,10H,9,11H2,1H3,(H,17,20)(H,19,21). The summed E-state index contributed by atoms with van der Waals surface area (Å²) < 4.78 is 5.26. The third-order valence-electron chi connectivity index (χ3n) is 2.80. The predicted octanol–water partition coefficient (Wildman–Crippen LogP) is 1.40. The van der Waals surface area contributed by atoms with Crippen molar-refractivity contribution in [1.29, 1.82) is 0 Å². The first kappa shape index (κ1) is 15.5. The molecule has 2 rings (SSSR count). The van der Waals surface area contributed by atoms with Gasteiger partial charge >= 0.3 is 0 Å². The van der Waals surface area contributed by atoms with Crippen molar-refractivity contribution in [3.63, 3.8) is 0 Å². The Morgan fingerprint density at radius 1 is 1.14 bits per heavy atom. The monoisotopic (exact) mass is 299 g/mol. The molecule has 1 aromatic carbocycles. The summed E-state index contributed by atoms with van der Waals surface area (Å²) in [6.45, 7) is 1.69. The Bertz CT molecular complexity index is 662. The van der Waals surface area contributed by atoms with Crippen LogP contribution in [0.5, 0.6) is 0 Å². The zero-order valence-electron chi connectivity index (χ0n) is 12.2. The van der Waals surface area contributed by atoms with Gasteiger partial charge in [0, 0.05) is 0 Å². The van der Waals surface area contributed by atoms with Gasteiger partial charge in [-0.15, -0.1) is 0 Å². The number of rotatable bonds is 6. The Balaban J connectivity index is 1.69. The Kier molecular flexibility index (Phi) is 5.48. The van der Waals surface area contributed by atoms with Crippen LogP contribution in [0.4, 0.5) is 0 Å². The van der Waals surface area contributed by atoms with Gasteiger partial charge in [-0.05, 0) is 24.6 Å². The van der Waals surface area contributed by atoms with Gasteiger partial charge in [-0.25, -0.2) is 5.43 Å². The van der Waals surface area contributed by atoms with Crippen molar-refractivity contribution in [3.05, 3.63) is 59.5 Å². The van der Waals surface area contributed by atoms with Crippen molar-refractivity contribution in [2.45, 2.75) is 13.3 Å². The molecule has 0 aliphatic carbocycles. The van der Waals surface area contributed by atoms with Gasteiger partial charge < -0.3 is 9.73 Å². The molecule has 0 fully saturated rings. The van der Waals surface area contributed by atoms with E-state index >= 15 is 0 Å². The molecule has 0 unspecified atom stereocenters. The molecule has 0 aliphatic rings. The van der Waals surface area contributed by atoms with Crippen LogP contribution in [0.25, 0.3) is 0 Å². The lowest BCUT2D eigenvalue weighted by molar-refractivity contribution is -0.125. The fourth-order valence-corrected chi connectivity index (χ4v) is 1.75. The van der Waals surface area contributed by atoms with Crippen LogP contribution in [0.15, 0.2) is 52.0 Å². The summed E-state index contributed by atoms with van der Waals surface area (Å²) in [4.78, 5) is 23.2. The molecule has 0 atom stereocenters. The van der Waals surface area contributed by atoms with Gasteiger partial charge in [0.05, 0.1) is 19.2 Å². The lowest BCUT2D eigenvalue weighted by Crippen LogP contribution is -2.35. The van der Waals surface area contributed by atoms with Crippen molar-refractivity contribution >= 4 is 18.0 Å². The highest BCUT2D eigenvalue weighted by atomic mass is 16.3. The minimum absolute atomic E-state index is 0.125. The van der Waals surface area contributed by atoms with Crippen molar-refractivity contribution in [2.75, 3.05) is 6.54 Å². The molecule has 0 saturated carbocycles. The third kappa shape index (κ3) is 5.24. The number of carbonyl (C=O) groups excluding carboxylic acids is 2. The summed E-state index contributed by atoms with van der Waals surface area (Å²) in [5.41, 5.74) is 3.21. The van der Waals surface area contributed by atoms with Gasteiger partial charge in [-0.3, -0.25) is 9.59 Å². The Morgan fingerprint density at radius 2 is 1.91 bits per heavy atom. The van der Waals surface area contributed by atoms with Gasteiger partial charge in [0.1, 0.15) is 11.5 Å². The zero-order chi connectivity index (χ0) is 15.8. The molecule has 1 heterocycles. The van der Waals surface area contributed by atoms with Crippen LogP contribution in [-0.4, -0.2) is 24.6 Å². The number of carbonyl (C=O) groups is 2. The number of nitrogens with one attached hydrogen (secondary N) is 2. The van der Waals surface area contributed by atoms with Gasteiger partial charge in [-0.2, -0.15) is 5.10 Å². The molecular weight excluding hydrogens is 282 g/mol. The van der Waals surface area contributed by atoms with Crippen LogP contribution >= 0.6 is 0 Å². The number of hydrogen-bond donors (Lipinski definition) is 2. The molecule has 2 N–H and O–H groups in total. The molecule has 1 aromatic heterocycles. The van der Waals surface area contributed by atoms with Gasteiger partial charge in [0.2, 0.25) is 5.91 Å². The normalized spacial score (nSPS) is 10.6. The number of amides is 2. The van der Waals surface area contributed by atoms with Crippen LogP contribution in [0.3, 0.4) is 0 Å². The van der Waals surface area contributed by atoms with Crippen LogP contribution in [0.2, 0.25) is 0 Å². The Morgan fingerprint density at radius 3 is 2.59 bits per heavy atom. The molecule has 2 aromatic rings. The molecule has 0 spiro atoms. The SMILES string of the molecule is Cc1ccc(C=NNC(=O)CNC(=O)Cc2ccccc2)o1. The van der Waals surface area contributed by atoms with E-state index in [1.807, 2.05) is 37.3 Å². The van der Waals surface area contributed by atoms with Crippen molar-refractivity contribution in [2.24, 2.45) is 5.10 Å². The number of hydrogen-bond acceptors (Lipinski definition) is 4. The van der Waals surface area contributed by atoms with E-state index in [1.165, 1.54) is 6.21 Å². The average molecular weight is 299 g/mol. The second-order valence-electron chi connectivity index (χ2n) is 4.68. The third-order valence-corrected chi connectivity index (χ3v) is 2.80. The van der Waals surface area contributed by atoms with Gasteiger partial charge in [0.25, 0.3) is 5.91 Å². The molecule has 0 bridgehead atoms. The first-order chi connectivity index (χ1) is 10.6. The molecule has 0 aliphatic heterocycles. The number of benzene rings is 1. The summed E-state index contributed by atoms with van der Waals surface area (Å²) in [6, 6.07) is 12.9. The minimum atomic E-state index is -0.402. The average Bonchev–Trinajstić information content (AvgIpc) is 2.92. The molecule has 22 heavy (non-hydrogen) atoms. The molecular formula is C16H17N3O3. The highest BCUT2D eigenvalue weighted by Gasteiger charge is 2.05. The Labute approximate surface area is 128 Å². The Hall–Kier alpha value is -2.89. The molecule has 114 valence electrons. The largest absolute Gasteiger partial charge is 0.460 e. The molecule has 2 amide bonds. The lowest BCUT2D eigenvalue weighted by atomic mass is 10.1. The van der Waals surface area contributed by atoms with E-state index in [2.05, 4.69) is 15.8 Å². The van der Waals surface area contributed by atoms with Crippen LogP contribution in [0, 0.1) is 6.92 Å². The number of furan rings is 1. The van der Waals surface area contributed by atoms with Crippen LogP contribution in [-0.2, 0) is 16.0 Å². The van der Waals surface area contributed by atoms with E-state index in [-0.39, 0.29) is 18.9 Å². The quantitative estimate of drug-likeness (QED) is 0.624. The second-order valence-corrected chi connectivity index (χ2v) is 4.68. The zero-order valence-corrected chi connectivity index (χ0v) is 12.2. The fraction of sp³-hybridized carbons (Fsp3) is 0.188. The van der Waals surface area contributed by atoms with E-state index in [0.29, 0.717) is 5.76 Å². The molecule has 6 heteroatoms. The highest BCUT2D eigenvalue weighted by Crippen LogP contribution is 2.02. The van der Waals surface area contributed by atoms with Crippen LogP contribution in [0.1, 0.15) is 17.1 Å². The van der Waals surface area contributed by atoms with E-state index in [4.69, 9.17) is 4.42 Å². The maximum Gasteiger partial charge on any atom is 0.259 e. The van der Waals surface area contributed by atoms with E-state index < -0.39 is 5.91 Å². The molecule has 6 nitrogen and oxygen atoms in total. The summed E-state index contributed by atoms with van der Waals surface area (Å²) in [6.07, 6.45) is 1.64. The van der Waals surface area contributed by atoms with Gasteiger partial charge in [-0.1, -0.05) is 30.3 Å². The van der Waals surface area contributed by atoms with E-state index in [1.54, 1.807) is 12.1 Å². The molecule has 0 saturated heterocycles. The van der Waals surface area contributed by atoms with E-state index in [9.17, 15) is 9.59 Å². The first-order valence-corrected chi connectivity index (χ1v) is 6.82. The van der Waals surface area contributed by atoms with Crippen molar-refractivity contribution in [1.82, 2.24) is 10.7 Å². The maximum atomic E-state index is 11.7. The summed E-state index contributed by atoms with van der Waals surface area (Å²) in [7, 11) is 0. The van der Waals surface area contributed by atoms with Crippen molar-refractivity contribution in [3.8, 4) is 0 Å². The minimum Gasteiger partial charge on any atom is -0.460 e.